The highest BCUT2D eigenvalue weighted by Gasteiger charge is 2.31. The molecule has 0 fully saturated rings. The lowest BCUT2D eigenvalue weighted by atomic mass is 10.0. The lowest BCUT2D eigenvalue weighted by molar-refractivity contribution is -0.140. The van der Waals surface area contributed by atoms with Crippen molar-refractivity contribution in [1.29, 1.82) is 0 Å². The average Bonchev–Trinajstić information content (AvgIpc) is 3.23. The van der Waals surface area contributed by atoms with Gasteiger partial charge in [-0.3, -0.25) is 24.4 Å². The molecule has 0 saturated heterocycles. The fraction of sp³-hybridized carbons (Fsp3) is 0.341. The van der Waals surface area contributed by atoms with Crippen molar-refractivity contribution in [2.24, 2.45) is 32.9 Å². The largest absolute Gasteiger partial charge is 0.489 e. The number of hydrogen-bond acceptors (Lipinski definition) is 6. The minimum absolute atomic E-state index is 0.0128. The first-order valence-electron chi connectivity index (χ1n) is 19.5. The van der Waals surface area contributed by atoms with Crippen molar-refractivity contribution in [2.75, 3.05) is 32.7 Å². The molecule has 57 heavy (non-hydrogen) atoms. The van der Waals surface area contributed by atoms with E-state index >= 15 is 0 Å². The molecule has 0 aromatic heterocycles. The van der Waals surface area contributed by atoms with Crippen LogP contribution in [0.15, 0.2) is 119 Å². The molecule has 3 amide bonds. The van der Waals surface area contributed by atoms with Crippen LogP contribution in [-0.2, 0) is 33.8 Å². The zero-order valence-electron chi connectivity index (χ0n) is 32.5. The molecule has 0 spiro atoms. The molecule has 4 aromatic rings. The van der Waals surface area contributed by atoms with E-state index in [1.807, 2.05) is 109 Å². The molecule has 2 atom stereocenters. The summed E-state index contributed by atoms with van der Waals surface area (Å²) in [6.45, 7) is 1.90. The molecule has 0 unspecified atom stereocenters. The quantitative estimate of drug-likeness (QED) is 0.0489. The highest BCUT2D eigenvalue weighted by Crippen LogP contribution is 2.20. The Kier molecular flexibility index (Phi) is 15.9. The zero-order chi connectivity index (χ0) is 40.4. The van der Waals surface area contributed by atoms with E-state index in [2.05, 4.69) is 15.3 Å². The van der Waals surface area contributed by atoms with E-state index in [-0.39, 0.29) is 55.6 Å². The number of nitrogens with one attached hydrogen (secondary N) is 1. The third kappa shape index (κ3) is 13.7. The SMILES string of the molecule is NC(N)=NCCC[C@@H]1CN(C(=O)Cc2ccc3ccccc3c2)C/C=C/CN(C(=O)CCc2ccc(OCc3ccccc3)cc2)[C@@H](CCCN=C(N)N)C(=O)N1. The van der Waals surface area contributed by atoms with Crippen LogP contribution in [0.1, 0.15) is 48.8 Å². The van der Waals surface area contributed by atoms with Crippen LogP contribution in [0.5, 0.6) is 5.75 Å². The van der Waals surface area contributed by atoms with Crippen LogP contribution >= 0.6 is 0 Å². The van der Waals surface area contributed by atoms with Crippen LogP contribution in [0.4, 0.5) is 0 Å². The van der Waals surface area contributed by atoms with Gasteiger partial charge in [0.05, 0.1) is 6.42 Å². The van der Waals surface area contributed by atoms with Crippen LogP contribution in [0.25, 0.3) is 10.8 Å². The minimum atomic E-state index is -0.801. The maximum atomic E-state index is 14.3. The number of nitrogens with zero attached hydrogens (tertiary/aromatic N) is 4. The third-order valence-electron chi connectivity index (χ3n) is 9.84. The van der Waals surface area contributed by atoms with Gasteiger partial charge in [0.2, 0.25) is 17.7 Å². The number of nitrogens with two attached hydrogens (primary N) is 4. The number of aliphatic imine (C=N–C) groups is 2. The van der Waals surface area contributed by atoms with Gasteiger partial charge in [-0.1, -0.05) is 97.1 Å². The molecule has 4 aromatic carbocycles. The number of guanidine groups is 2. The predicted octanol–water partition coefficient (Wildman–Crippen LogP) is 3.78. The Labute approximate surface area is 334 Å². The van der Waals surface area contributed by atoms with E-state index in [1.165, 1.54) is 0 Å². The van der Waals surface area contributed by atoms with Crippen molar-refractivity contribution in [3.63, 3.8) is 0 Å². The first-order chi connectivity index (χ1) is 27.6. The van der Waals surface area contributed by atoms with Gasteiger partial charge in [0.25, 0.3) is 0 Å². The molecular formula is C44H55N9O4. The lowest BCUT2D eigenvalue weighted by Gasteiger charge is -2.32. The van der Waals surface area contributed by atoms with Crippen LogP contribution in [-0.4, -0.2) is 84.2 Å². The molecule has 300 valence electrons. The summed E-state index contributed by atoms with van der Waals surface area (Å²) in [4.78, 5) is 53.9. The van der Waals surface area contributed by atoms with Gasteiger partial charge >= 0.3 is 0 Å². The van der Waals surface area contributed by atoms with Crippen molar-refractivity contribution in [1.82, 2.24) is 15.1 Å². The van der Waals surface area contributed by atoms with Crippen LogP contribution < -0.4 is 33.0 Å². The normalized spacial score (nSPS) is 16.5. The fourth-order valence-corrected chi connectivity index (χ4v) is 6.83. The Morgan fingerprint density at radius 1 is 0.719 bits per heavy atom. The van der Waals surface area contributed by atoms with Crippen molar-refractivity contribution in [2.45, 2.75) is 63.6 Å². The molecular weight excluding hydrogens is 719 g/mol. The lowest BCUT2D eigenvalue weighted by Crippen LogP contribution is -2.54. The summed E-state index contributed by atoms with van der Waals surface area (Å²) >= 11 is 0. The second-order valence-corrected chi connectivity index (χ2v) is 14.2. The Balaban J connectivity index is 1.33. The topological polar surface area (TPSA) is 208 Å². The fourth-order valence-electron chi connectivity index (χ4n) is 6.83. The van der Waals surface area contributed by atoms with Gasteiger partial charge < -0.3 is 42.8 Å². The molecule has 5 rings (SSSR count). The molecule has 0 saturated carbocycles. The molecule has 13 nitrogen and oxygen atoms in total. The molecule has 0 bridgehead atoms. The number of carbonyl (C=O) groups excluding carboxylic acids is 3. The third-order valence-corrected chi connectivity index (χ3v) is 9.84. The highest BCUT2D eigenvalue weighted by atomic mass is 16.5. The van der Waals surface area contributed by atoms with Crippen molar-refractivity contribution < 1.29 is 19.1 Å². The summed E-state index contributed by atoms with van der Waals surface area (Å²) in [5.74, 6) is 0.137. The molecule has 1 aliphatic heterocycles. The van der Waals surface area contributed by atoms with E-state index in [0.29, 0.717) is 58.3 Å². The van der Waals surface area contributed by atoms with Crippen molar-refractivity contribution in [3.8, 4) is 5.75 Å². The van der Waals surface area contributed by atoms with Gasteiger partial charge in [-0.25, -0.2) is 0 Å². The number of hydrogen-bond donors (Lipinski definition) is 5. The summed E-state index contributed by atoms with van der Waals surface area (Å²) in [5, 5.41) is 5.36. The summed E-state index contributed by atoms with van der Waals surface area (Å²) in [6, 6.07) is 30.5. The zero-order valence-corrected chi connectivity index (χ0v) is 32.5. The first-order valence-corrected chi connectivity index (χ1v) is 19.5. The Morgan fingerprint density at radius 3 is 2.09 bits per heavy atom. The number of benzene rings is 4. The smallest absolute Gasteiger partial charge is 0.243 e. The Bertz CT molecular complexity index is 2010. The number of rotatable bonds is 16. The molecule has 1 aliphatic rings. The van der Waals surface area contributed by atoms with Crippen LogP contribution in [0, 0.1) is 0 Å². The van der Waals surface area contributed by atoms with E-state index in [9.17, 15) is 14.4 Å². The number of fused-ring (bicyclic) bond motifs is 1. The molecule has 0 aliphatic carbocycles. The van der Waals surface area contributed by atoms with Gasteiger partial charge in [-0.15, -0.1) is 0 Å². The number of aryl methyl sites for hydroxylation is 1. The van der Waals surface area contributed by atoms with Crippen molar-refractivity contribution in [3.05, 3.63) is 126 Å². The highest BCUT2D eigenvalue weighted by molar-refractivity contribution is 5.88. The van der Waals surface area contributed by atoms with Crippen molar-refractivity contribution >= 4 is 40.4 Å². The second kappa shape index (κ2) is 21.6. The number of amides is 3. The summed E-state index contributed by atoms with van der Waals surface area (Å²) in [6.07, 6.45) is 6.51. The maximum Gasteiger partial charge on any atom is 0.243 e. The number of carbonyl (C=O) groups is 3. The summed E-state index contributed by atoms with van der Waals surface area (Å²) in [5.41, 5.74) is 25.2. The minimum Gasteiger partial charge on any atom is -0.489 e. The van der Waals surface area contributed by atoms with Crippen LogP contribution in [0.2, 0.25) is 0 Å². The molecule has 9 N–H and O–H groups in total. The first kappa shape index (κ1) is 41.8. The Hall–Kier alpha value is -6.37. The van der Waals surface area contributed by atoms with Gasteiger partial charge in [0.15, 0.2) is 11.9 Å². The van der Waals surface area contributed by atoms with Gasteiger partial charge in [-0.2, -0.15) is 0 Å². The van der Waals surface area contributed by atoms with Gasteiger partial charge in [0, 0.05) is 45.2 Å². The van der Waals surface area contributed by atoms with E-state index in [0.717, 1.165) is 33.2 Å². The maximum absolute atomic E-state index is 14.3. The van der Waals surface area contributed by atoms with E-state index in [1.54, 1.807) is 9.80 Å². The average molecular weight is 774 g/mol. The second-order valence-electron chi connectivity index (χ2n) is 14.2. The Morgan fingerprint density at radius 2 is 1.37 bits per heavy atom. The van der Waals surface area contributed by atoms with Crippen LogP contribution in [0.3, 0.4) is 0 Å². The van der Waals surface area contributed by atoms with Gasteiger partial charge in [-0.05, 0) is 71.7 Å². The number of ether oxygens (including phenoxy) is 1. The summed E-state index contributed by atoms with van der Waals surface area (Å²) < 4.78 is 5.94. The standard InChI is InChI=1S/C44H55N9O4/c45-43(46)49-24-8-14-37-30-52(41(55)29-34-16-20-35-12-4-5-13-36(35)28-34)26-6-7-27-53(39(42(56)51-37)15-9-25-50-44(47)48)40(54)23-19-32-17-21-38(22-18-32)57-31-33-10-2-1-3-11-33/h1-7,10-13,16-18,20-22,28,37,39H,8-9,14-15,19,23-27,29-31H2,(H,51,56)(H4,45,46,49)(H4,47,48,50)/b7-6+/t37-,39+/m1/s1. The molecule has 13 heteroatoms. The predicted molar refractivity (Wildman–Crippen MR) is 226 cm³/mol. The van der Waals surface area contributed by atoms with E-state index < -0.39 is 12.1 Å². The van der Waals surface area contributed by atoms with Gasteiger partial charge in [0.1, 0.15) is 18.4 Å². The molecule has 1 heterocycles. The molecule has 0 radical (unpaired) electrons. The summed E-state index contributed by atoms with van der Waals surface area (Å²) in [7, 11) is 0. The van der Waals surface area contributed by atoms with E-state index in [4.69, 9.17) is 27.7 Å². The monoisotopic (exact) mass is 773 g/mol.